The minimum absolute atomic E-state index is 0.601. The zero-order chi connectivity index (χ0) is 15.1. The van der Waals surface area contributed by atoms with Gasteiger partial charge in [-0.25, -0.2) is 0 Å². The Bertz CT molecular complexity index is 426. The van der Waals surface area contributed by atoms with Crippen molar-refractivity contribution in [3.05, 3.63) is 48.0 Å². The van der Waals surface area contributed by atoms with Gasteiger partial charge in [-0.1, -0.05) is 62.8 Å². The molecule has 21 heavy (non-hydrogen) atoms. The molecule has 0 amide bonds. The van der Waals surface area contributed by atoms with Crippen molar-refractivity contribution in [1.82, 2.24) is 10.2 Å². The molecule has 1 aliphatic rings. The lowest BCUT2D eigenvalue weighted by Crippen LogP contribution is -2.58. The Hall–Kier alpha value is -1.12. The van der Waals surface area contributed by atoms with Gasteiger partial charge in [-0.05, 0) is 24.8 Å². The van der Waals surface area contributed by atoms with Crippen LogP contribution in [-0.4, -0.2) is 36.6 Å². The van der Waals surface area contributed by atoms with Crippen LogP contribution in [0.15, 0.2) is 42.5 Å². The number of allylic oxidation sites excluding steroid dienone is 1. The third-order valence-corrected chi connectivity index (χ3v) is 4.78. The van der Waals surface area contributed by atoms with Crippen LogP contribution in [0.3, 0.4) is 0 Å². The van der Waals surface area contributed by atoms with Gasteiger partial charge in [0.05, 0.1) is 0 Å². The summed E-state index contributed by atoms with van der Waals surface area (Å²) in [6.45, 7) is 10.1. The van der Waals surface area contributed by atoms with E-state index in [1.165, 1.54) is 12.0 Å². The molecular weight excluding hydrogens is 256 g/mol. The summed E-state index contributed by atoms with van der Waals surface area (Å²) in [6, 6.07) is 12.1. The number of nitrogens with zero attached hydrogens (tertiary/aromatic N) is 1. The lowest BCUT2D eigenvalue weighted by atomic mass is 9.93. The summed E-state index contributed by atoms with van der Waals surface area (Å²) in [5.41, 5.74) is 1.44. The van der Waals surface area contributed by atoms with Crippen molar-refractivity contribution in [1.29, 1.82) is 0 Å². The fourth-order valence-electron chi connectivity index (χ4n) is 3.10. The van der Waals surface area contributed by atoms with Gasteiger partial charge in [0, 0.05) is 31.7 Å². The number of benzene rings is 1. The molecular formula is C19H30N2. The first-order valence-electron chi connectivity index (χ1n) is 8.37. The van der Waals surface area contributed by atoms with Gasteiger partial charge in [-0.2, -0.15) is 0 Å². The van der Waals surface area contributed by atoms with E-state index in [4.69, 9.17) is 0 Å². The first-order chi connectivity index (χ1) is 10.2. The van der Waals surface area contributed by atoms with Crippen molar-refractivity contribution < 1.29 is 0 Å². The molecule has 1 aromatic rings. The SMILES string of the molecule is C/C=C/CN1CC(C(C)CC)NCC1Cc1ccccc1. The summed E-state index contributed by atoms with van der Waals surface area (Å²) in [7, 11) is 0. The Morgan fingerprint density at radius 2 is 2.10 bits per heavy atom. The Labute approximate surface area is 130 Å². The van der Waals surface area contributed by atoms with E-state index in [2.05, 4.69) is 73.5 Å². The Balaban J connectivity index is 2.02. The van der Waals surface area contributed by atoms with Crippen LogP contribution in [0.2, 0.25) is 0 Å². The van der Waals surface area contributed by atoms with E-state index in [-0.39, 0.29) is 0 Å². The van der Waals surface area contributed by atoms with Crippen LogP contribution in [0, 0.1) is 5.92 Å². The molecule has 1 heterocycles. The summed E-state index contributed by atoms with van der Waals surface area (Å²) in [5.74, 6) is 0.746. The quantitative estimate of drug-likeness (QED) is 0.805. The number of piperazine rings is 1. The number of nitrogens with one attached hydrogen (secondary N) is 1. The molecule has 1 saturated heterocycles. The van der Waals surface area contributed by atoms with Crippen molar-refractivity contribution in [2.45, 2.75) is 45.7 Å². The molecule has 0 aromatic heterocycles. The Morgan fingerprint density at radius 3 is 2.76 bits per heavy atom. The second-order valence-electron chi connectivity index (χ2n) is 6.27. The maximum absolute atomic E-state index is 3.78. The molecule has 3 unspecified atom stereocenters. The monoisotopic (exact) mass is 286 g/mol. The summed E-state index contributed by atoms with van der Waals surface area (Å²) >= 11 is 0. The van der Waals surface area contributed by atoms with E-state index >= 15 is 0 Å². The smallest absolute Gasteiger partial charge is 0.0265 e. The second kappa shape index (κ2) is 8.35. The highest BCUT2D eigenvalue weighted by molar-refractivity contribution is 5.16. The third kappa shape index (κ3) is 4.69. The lowest BCUT2D eigenvalue weighted by Gasteiger charge is -2.42. The summed E-state index contributed by atoms with van der Waals surface area (Å²) in [5, 5.41) is 3.78. The molecule has 116 valence electrons. The molecule has 0 saturated carbocycles. The molecule has 1 fully saturated rings. The predicted molar refractivity (Wildman–Crippen MR) is 91.6 cm³/mol. The van der Waals surface area contributed by atoms with Crippen LogP contribution in [0.5, 0.6) is 0 Å². The molecule has 1 aromatic carbocycles. The largest absolute Gasteiger partial charge is 0.311 e. The van der Waals surface area contributed by atoms with E-state index in [9.17, 15) is 0 Å². The molecule has 2 rings (SSSR count). The minimum Gasteiger partial charge on any atom is -0.311 e. The molecule has 2 nitrogen and oxygen atoms in total. The first-order valence-corrected chi connectivity index (χ1v) is 8.37. The number of hydrogen-bond acceptors (Lipinski definition) is 2. The normalized spacial score (nSPS) is 25.3. The van der Waals surface area contributed by atoms with Crippen LogP contribution in [0.4, 0.5) is 0 Å². The van der Waals surface area contributed by atoms with Crippen LogP contribution < -0.4 is 5.32 Å². The lowest BCUT2D eigenvalue weighted by molar-refractivity contribution is 0.121. The predicted octanol–water partition coefficient (Wildman–Crippen LogP) is 3.49. The second-order valence-corrected chi connectivity index (χ2v) is 6.27. The van der Waals surface area contributed by atoms with Crippen LogP contribution in [0.25, 0.3) is 0 Å². The van der Waals surface area contributed by atoms with Crippen molar-refractivity contribution in [3.8, 4) is 0 Å². The van der Waals surface area contributed by atoms with Crippen LogP contribution in [0.1, 0.15) is 32.8 Å². The molecule has 0 radical (unpaired) electrons. The summed E-state index contributed by atoms with van der Waals surface area (Å²) in [4.78, 5) is 2.65. The molecule has 1 aliphatic heterocycles. The molecule has 2 heteroatoms. The van der Waals surface area contributed by atoms with Crippen molar-refractivity contribution >= 4 is 0 Å². The fourth-order valence-corrected chi connectivity index (χ4v) is 3.10. The van der Waals surface area contributed by atoms with Crippen LogP contribution >= 0.6 is 0 Å². The average molecular weight is 286 g/mol. The van der Waals surface area contributed by atoms with Crippen molar-refractivity contribution in [2.75, 3.05) is 19.6 Å². The molecule has 0 bridgehead atoms. The molecule has 0 spiro atoms. The van der Waals surface area contributed by atoms with E-state index in [0.717, 1.165) is 32.0 Å². The van der Waals surface area contributed by atoms with Gasteiger partial charge < -0.3 is 5.32 Å². The van der Waals surface area contributed by atoms with Gasteiger partial charge in [0.25, 0.3) is 0 Å². The van der Waals surface area contributed by atoms with Gasteiger partial charge in [0.15, 0.2) is 0 Å². The summed E-state index contributed by atoms with van der Waals surface area (Å²) in [6.07, 6.45) is 6.84. The maximum Gasteiger partial charge on any atom is 0.0265 e. The molecule has 0 aliphatic carbocycles. The number of hydrogen-bond donors (Lipinski definition) is 1. The third-order valence-electron chi connectivity index (χ3n) is 4.78. The number of rotatable bonds is 6. The van der Waals surface area contributed by atoms with Crippen LogP contribution in [-0.2, 0) is 6.42 Å². The standard InChI is InChI=1S/C19H30N2/c1-4-6-12-21-15-19(16(3)5-2)20-14-18(21)13-17-10-8-7-9-11-17/h4,6-11,16,18-20H,5,12-15H2,1-3H3/b6-4+. The van der Waals surface area contributed by atoms with E-state index < -0.39 is 0 Å². The summed E-state index contributed by atoms with van der Waals surface area (Å²) < 4.78 is 0. The molecule has 3 atom stereocenters. The van der Waals surface area contributed by atoms with Crippen molar-refractivity contribution in [3.63, 3.8) is 0 Å². The average Bonchev–Trinajstić information content (AvgIpc) is 2.54. The van der Waals surface area contributed by atoms with Gasteiger partial charge in [0.1, 0.15) is 0 Å². The highest BCUT2D eigenvalue weighted by atomic mass is 15.2. The first kappa shape index (κ1) is 16.3. The Morgan fingerprint density at radius 1 is 1.33 bits per heavy atom. The molecule has 1 N–H and O–H groups in total. The van der Waals surface area contributed by atoms with E-state index in [1.54, 1.807) is 0 Å². The minimum atomic E-state index is 0.601. The van der Waals surface area contributed by atoms with Gasteiger partial charge in [-0.3, -0.25) is 4.90 Å². The van der Waals surface area contributed by atoms with E-state index in [0.29, 0.717) is 12.1 Å². The maximum atomic E-state index is 3.78. The van der Waals surface area contributed by atoms with Gasteiger partial charge in [0.2, 0.25) is 0 Å². The van der Waals surface area contributed by atoms with Gasteiger partial charge in [-0.15, -0.1) is 0 Å². The zero-order valence-corrected chi connectivity index (χ0v) is 13.8. The van der Waals surface area contributed by atoms with Gasteiger partial charge >= 0.3 is 0 Å². The zero-order valence-electron chi connectivity index (χ0n) is 13.8. The Kier molecular flexibility index (Phi) is 6.47. The topological polar surface area (TPSA) is 15.3 Å². The highest BCUT2D eigenvalue weighted by Gasteiger charge is 2.29. The highest BCUT2D eigenvalue weighted by Crippen LogP contribution is 2.18. The van der Waals surface area contributed by atoms with Crippen molar-refractivity contribution in [2.24, 2.45) is 5.92 Å². The van der Waals surface area contributed by atoms with E-state index in [1.807, 2.05) is 0 Å². The fraction of sp³-hybridized carbons (Fsp3) is 0.579.